The SMILES string of the molecule is CC(C)CNCc1cncn1C1CCOCC1C. The monoisotopic (exact) mass is 251 g/mol. The molecule has 102 valence electrons. The molecule has 1 fully saturated rings. The Morgan fingerprint density at radius 2 is 2.39 bits per heavy atom. The molecule has 4 heteroatoms. The fourth-order valence-corrected chi connectivity index (χ4v) is 2.54. The molecule has 1 aliphatic heterocycles. The van der Waals surface area contributed by atoms with Crippen LogP contribution in [0, 0.1) is 11.8 Å². The summed E-state index contributed by atoms with van der Waals surface area (Å²) in [7, 11) is 0. The van der Waals surface area contributed by atoms with Gasteiger partial charge in [-0.15, -0.1) is 0 Å². The van der Waals surface area contributed by atoms with Gasteiger partial charge in [-0.3, -0.25) is 0 Å². The number of hydrogen-bond donors (Lipinski definition) is 1. The van der Waals surface area contributed by atoms with Crippen LogP contribution in [0.15, 0.2) is 12.5 Å². The van der Waals surface area contributed by atoms with Gasteiger partial charge in [0.15, 0.2) is 0 Å². The van der Waals surface area contributed by atoms with Crippen LogP contribution in [0.3, 0.4) is 0 Å². The molecule has 2 rings (SSSR count). The van der Waals surface area contributed by atoms with E-state index in [0.717, 1.165) is 32.7 Å². The average molecular weight is 251 g/mol. The first-order valence-corrected chi connectivity index (χ1v) is 6.97. The van der Waals surface area contributed by atoms with E-state index in [9.17, 15) is 0 Å². The molecule has 4 nitrogen and oxygen atoms in total. The molecule has 2 atom stereocenters. The second-order valence-corrected chi connectivity index (χ2v) is 5.73. The van der Waals surface area contributed by atoms with Crippen molar-refractivity contribution in [1.29, 1.82) is 0 Å². The Kier molecular flexibility index (Phi) is 4.78. The molecule has 1 aliphatic rings. The highest BCUT2D eigenvalue weighted by atomic mass is 16.5. The first kappa shape index (κ1) is 13.6. The molecular formula is C14H25N3O. The highest BCUT2D eigenvalue weighted by Gasteiger charge is 2.24. The highest BCUT2D eigenvalue weighted by Crippen LogP contribution is 2.27. The Balaban J connectivity index is 1.98. The van der Waals surface area contributed by atoms with Crippen LogP contribution in [0.25, 0.3) is 0 Å². The van der Waals surface area contributed by atoms with E-state index in [-0.39, 0.29) is 0 Å². The van der Waals surface area contributed by atoms with E-state index in [4.69, 9.17) is 4.74 Å². The molecule has 1 aromatic heterocycles. The Morgan fingerprint density at radius 3 is 3.11 bits per heavy atom. The topological polar surface area (TPSA) is 39.1 Å². The van der Waals surface area contributed by atoms with E-state index in [1.807, 2.05) is 12.5 Å². The van der Waals surface area contributed by atoms with Gasteiger partial charge in [0.25, 0.3) is 0 Å². The number of nitrogens with one attached hydrogen (secondary N) is 1. The van der Waals surface area contributed by atoms with Crippen molar-refractivity contribution in [3.63, 3.8) is 0 Å². The maximum atomic E-state index is 5.51. The number of nitrogens with zero attached hydrogens (tertiary/aromatic N) is 2. The quantitative estimate of drug-likeness (QED) is 0.872. The normalized spacial score (nSPS) is 24.7. The van der Waals surface area contributed by atoms with Crippen LogP contribution in [0.5, 0.6) is 0 Å². The Labute approximate surface area is 110 Å². The fourth-order valence-electron chi connectivity index (χ4n) is 2.54. The Hall–Kier alpha value is -0.870. The Morgan fingerprint density at radius 1 is 1.56 bits per heavy atom. The van der Waals surface area contributed by atoms with Gasteiger partial charge in [0, 0.05) is 31.3 Å². The molecule has 1 N–H and O–H groups in total. The van der Waals surface area contributed by atoms with E-state index in [0.29, 0.717) is 17.9 Å². The number of imidazole rings is 1. The van der Waals surface area contributed by atoms with E-state index in [1.54, 1.807) is 0 Å². The van der Waals surface area contributed by atoms with Crippen LogP contribution in [0.1, 0.15) is 38.9 Å². The molecule has 1 saturated heterocycles. The zero-order valence-corrected chi connectivity index (χ0v) is 11.7. The fraction of sp³-hybridized carbons (Fsp3) is 0.786. The van der Waals surface area contributed by atoms with Gasteiger partial charge in [0.2, 0.25) is 0 Å². The molecule has 2 unspecified atom stereocenters. The maximum Gasteiger partial charge on any atom is 0.0951 e. The molecule has 0 aliphatic carbocycles. The average Bonchev–Trinajstić information content (AvgIpc) is 2.77. The molecule has 18 heavy (non-hydrogen) atoms. The predicted octanol–water partition coefficient (Wildman–Crippen LogP) is 2.23. The number of rotatable bonds is 5. The first-order chi connectivity index (χ1) is 8.68. The second-order valence-electron chi connectivity index (χ2n) is 5.73. The van der Waals surface area contributed by atoms with Crippen molar-refractivity contribution in [3.8, 4) is 0 Å². The van der Waals surface area contributed by atoms with E-state index < -0.39 is 0 Å². The lowest BCUT2D eigenvalue weighted by Crippen LogP contribution is -2.30. The van der Waals surface area contributed by atoms with Crippen molar-refractivity contribution in [2.24, 2.45) is 11.8 Å². The van der Waals surface area contributed by atoms with Crippen molar-refractivity contribution in [1.82, 2.24) is 14.9 Å². The van der Waals surface area contributed by atoms with Crippen LogP contribution >= 0.6 is 0 Å². The maximum absolute atomic E-state index is 5.51. The van der Waals surface area contributed by atoms with Crippen LogP contribution in [-0.4, -0.2) is 29.3 Å². The van der Waals surface area contributed by atoms with Gasteiger partial charge in [0.05, 0.1) is 18.6 Å². The molecule has 0 amide bonds. The van der Waals surface area contributed by atoms with Gasteiger partial charge in [-0.2, -0.15) is 0 Å². The molecule has 2 heterocycles. The van der Waals surface area contributed by atoms with Gasteiger partial charge < -0.3 is 14.6 Å². The summed E-state index contributed by atoms with van der Waals surface area (Å²) in [5.74, 6) is 1.25. The summed E-state index contributed by atoms with van der Waals surface area (Å²) in [6.45, 7) is 10.4. The summed E-state index contributed by atoms with van der Waals surface area (Å²) in [6, 6.07) is 0.539. The lowest BCUT2D eigenvalue weighted by Gasteiger charge is -2.31. The molecule has 0 spiro atoms. The summed E-state index contributed by atoms with van der Waals surface area (Å²) in [4.78, 5) is 4.31. The summed E-state index contributed by atoms with van der Waals surface area (Å²) < 4.78 is 7.85. The lowest BCUT2D eigenvalue weighted by atomic mass is 9.97. The van der Waals surface area contributed by atoms with Crippen molar-refractivity contribution < 1.29 is 4.74 Å². The van der Waals surface area contributed by atoms with Gasteiger partial charge in [0.1, 0.15) is 0 Å². The van der Waals surface area contributed by atoms with Gasteiger partial charge >= 0.3 is 0 Å². The zero-order valence-electron chi connectivity index (χ0n) is 11.7. The van der Waals surface area contributed by atoms with E-state index >= 15 is 0 Å². The molecule has 0 radical (unpaired) electrons. The van der Waals surface area contributed by atoms with Crippen LogP contribution in [-0.2, 0) is 11.3 Å². The standard InChI is InChI=1S/C14H25N3O/c1-11(2)6-15-7-13-8-16-10-17(13)14-4-5-18-9-12(14)3/h8,10-12,14-15H,4-7,9H2,1-3H3. The highest BCUT2D eigenvalue weighted by molar-refractivity contribution is 5.01. The van der Waals surface area contributed by atoms with Crippen molar-refractivity contribution >= 4 is 0 Å². The lowest BCUT2D eigenvalue weighted by molar-refractivity contribution is 0.0278. The summed E-state index contributed by atoms with van der Waals surface area (Å²) in [6.07, 6.45) is 5.04. The first-order valence-electron chi connectivity index (χ1n) is 6.97. The smallest absolute Gasteiger partial charge is 0.0951 e. The Bertz CT molecular complexity index is 362. The summed E-state index contributed by atoms with van der Waals surface area (Å²) in [5.41, 5.74) is 1.29. The van der Waals surface area contributed by atoms with Crippen molar-refractivity contribution in [2.75, 3.05) is 19.8 Å². The largest absolute Gasteiger partial charge is 0.381 e. The van der Waals surface area contributed by atoms with Gasteiger partial charge in [-0.25, -0.2) is 4.98 Å². The molecule has 1 aromatic rings. The minimum atomic E-state index is 0.539. The third-order valence-corrected chi connectivity index (χ3v) is 3.56. The number of hydrogen-bond acceptors (Lipinski definition) is 3. The number of ether oxygens (including phenoxy) is 1. The second kappa shape index (κ2) is 6.34. The summed E-state index contributed by atoms with van der Waals surface area (Å²) >= 11 is 0. The van der Waals surface area contributed by atoms with Crippen LogP contribution in [0.4, 0.5) is 0 Å². The number of aromatic nitrogens is 2. The van der Waals surface area contributed by atoms with Gasteiger partial charge in [-0.05, 0) is 18.9 Å². The molecule has 0 bridgehead atoms. The molecule has 0 saturated carbocycles. The predicted molar refractivity (Wildman–Crippen MR) is 72.4 cm³/mol. The van der Waals surface area contributed by atoms with E-state index in [2.05, 4.69) is 35.6 Å². The minimum Gasteiger partial charge on any atom is -0.381 e. The van der Waals surface area contributed by atoms with Crippen molar-refractivity contribution in [2.45, 2.75) is 39.8 Å². The van der Waals surface area contributed by atoms with Crippen LogP contribution in [0.2, 0.25) is 0 Å². The minimum absolute atomic E-state index is 0.539. The van der Waals surface area contributed by atoms with E-state index in [1.165, 1.54) is 5.69 Å². The molecule has 0 aromatic carbocycles. The third kappa shape index (κ3) is 3.33. The van der Waals surface area contributed by atoms with Crippen LogP contribution < -0.4 is 5.32 Å². The van der Waals surface area contributed by atoms with Crippen molar-refractivity contribution in [3.05, 3.63) is 18.2 Å². The summed E-state index contributed by atoms with van der Waals surface area (Å²) in [5, 5.41) is 3.49. The molecular weight excluding hydrogens is 226 g/mol. The third-order valence-electron chi connectivity index (χ3n) is 3.56. The van der Waals surface area contributed by atoms with Gasteiger partial charge in [-0.1, -0.05) is 20.8 Å². The zero-order chi connectivity index (χ0) is 13.0.